The zero-order chi connectivity index (χ0) is 23.8. The lowest BCUT2D eigenvalue weighted by Gasteiger charge is -2.31. The highest BCUT2D eigenvalue weighted by molar-refractivity contribution is 7.89. The Kier molecular flexibility index (Phi) is 6.28. The molecule has 178 valence electrons. The summed E-state index contributed by atoms with van der Waals surface area (Å²) in [7, 11) is -3.13. The van der Waals surface area contributed by atoms with E-state index in [4.69, 9.17) is 4.74 Å². The topological polar surface area (TPSA) is 79.0 Å². The minimum absolute atomic E-state index is 0.0501. The van der Waals surface area contributed by atoms with Gasteiger partial charge in [0.1, 0.15) is 18.4 Å². The van der Waals surface area contributed by atoms with Crippen molar-refractivity contribution in [2.45, 2.75) is 24.4 Å². The van der Waals surface area contributed by atoms with E-state index in [0.29, 0.717) is 11.3 Å². The monoisotopic (exact) mass is 483 g/mol. The SMILES string of the molecule is CN1CCOc2ccccc2-c2cccc(c2)C[C@H]2[C@@H](NS(=O)(=O)CF)C(F)(F)CN2C1=O. The van der Waals surface area contributed by atoms with Crippen LogP contribution >= 0.6 is 0 Å². The quantitative estimate of drug-likeness (QED) is 0.728. The van der Waals surface area contributed by atoms with Gasteiger partial charge >= 0.3 is 6.03 Å². The average Bonchev–Trinajstić information content (AvgIpc) is 3.02. The van der Waals surface area contributed by atoms with Crippen LogP contribution in [0.25, 0.3) is 11.1 Å². The fourth-order valence-electron chi connectivity index (χ4n) is 4.28. The van der Waals surface area contributed by atoms with Gasteiger partial charge in [0.15, 0.2) is 0 Å². The second kappa shape index (κ2) is 8.86. The molecule has 2 aromatic rings. The Bertz CT molecular complexity index is 1150. The molecule has 2 amide bonds. The van der Waals surface area contributed by atoms with Crippen molar-refractivity contribution in [2.24, 2.45) is 0 Å². The van der Waals surface area contributed by atoms with Crippen molar-refractivity contribution in [3.8, 4) is 16.9 Å². The number of nitrogens with zero attached hydrogens (tertiary/aromatic N) is 2. The average molecular weight is 484 g/mol. The highest BCUT2D eigenvalue weighted by Crippen LogP contribution is 2.37. The van der Waals surface area contributed by atoms with E-state index in [2.05, 4.69) is 0 Å². The van der Waals surface area contributed by atoms with Crippen molar-refractivity contribution in [3.05, 3.63) is 54.1 Å². The Labute approximate surface area is 190 Å². The smallest absolute Gasteiger partial charge is 0.320 e. The molecule has 0 saturated carbocycles. The molecular weight excluding hydrogens is 459 g/mol. The van der Waals surface area contributed by atoms with Crippen LogP contribution in [0, 0.1) is 0 Å². The standard InChI is InChI=1S/C22H24F3N3O4S/c1-27-9-10-32-19-8-3-2-7-17(19)16-6-4-5-15(11-16)12-18-20(26-33(30,31)14-23)22(24,25)13-28(18)21(27)29/h2-8,11,18,20,26H,9-10,12-14H2,1H3/t18-,20+/m0/s1. The predicted molar refractivity (Wildman–Crippen MR) is 116 cm³/mol. The largest absolute Gasteiger partial charge is 0.491 e. The Morgan fingerprint density at radius 3 is 2.70 bits per heavy atom. The zero-order valence-corrected chi connectivity index (χ0v) is 18.7. The summed E-state index contributed by atoms with van der Waals surface area (Å²) in [5.74, 6) is -2.96. The maximum Gasteiger partial charge on any atom is 0.320 e. The minimum Gasteiger partial charge on any atom is -0.491 e. The number of carbonyl (C=O) groups excluding carboxylic acids is 1. The lowest BCUT2D eigenvalue weighted by molar-refractivity contribution is -0.00518. The van der Waals surface area contributed by atoms with Gasteiger partial charge in [-0.05, 0) is 23.6 Å². The number of nitrogens with one attached hydrogen (secondary N) is 1. The van der Waals surface area contributed by atoms with Gasteiger partial charge in [-0.25, -0.2) is 31.1 Å². The summed E-state index contributed by atoms with van der Waals surface area (Å²) in [4.78, 5) is 15.3. The maximum absolute atomic E-state index is 15.0. The molecule has 33 heavy (non-hydrogen) atoms. The second-order valence-electron chi connectivity index (χ2n) is 8.23. The first kappa shape index (κ1) is 23.4. The molecule has 11 heteroatoms. The van der Waals surface area contributed by atoms with Crippen molar-refractivity contribution >= 4 is 16.1 Å². The number of halogens is 3. The van der Waals surface area contributed by atoms with Crippen LogP contribution in [0.15, 0.2) is 48.5 Å². The van der Waals surface area contributed by atoms with Crippen molar-refractivity contribution in [1.29, 1.82) is 0 Å². The molecule has 2 aliphatic heterocycles. The van der Waals surface area contributed by atoms with Gasteiger partial charge in [-0.15, -0.1) is 0 Å². The normalized spacial score (nSPS) is 23.0. The first-order valence-corrected chi connectivity index (χ1v) is 12.0. The van der Waals surface area contributed by atoms with Gasteiger partial charge in [-0.3, -0.25) is 0 Å². The number of rotatable bonds is 3. The Hall–Kier alpha value is -2.79. The number of benzene rings is 2. The van der Waals surface area contributed by atoms with Crippen molar-refractivity contribution in [3.63, 3.8) is 0 Å². The molecule has 1 saturated heterocycles. The van der Waals surface area contributed by atoms with E-state index < -0.39 is 46.6 Å². The molecule has 7 nitrogen and oxygen atoms in total. The zero-order valence-electron chi connectivity index (χ0n) is 17.9. The predicted octanol–water partition coefficient (Wildman–Crippen LogP) is 2.87. The second-order valence-corrected chi connectivity index (χ2v) is 9.91. The Balaban J connectivity index is 1.79. The van der Waals surface area contributed by atoms with E-state index in [1.165, 1.54) is 11.9 Å². The fourth-order valence-corrected chi connectivity index (χ4v) is 5.06. The molecular formula is C22H24F3N3O4S. The lowest BCUT2D eigenvalue weighted by atomic mass is 9.96. The van der Waals surface area contributed by atoms with Crippen molar-refractivity contribution < 1.29 is 31.1 Å². The molecule has 0 aromatic heterocycles. The van der Waals surface area contributed by atoms with Crippen molar-refractivity contribution in [1.82, 2.24) is 14.5 Å². The molecule has 0 aliphatic carbocycles. The van der Waals surface area contributed by atoms with E-state index >= 15 is 0 Å². The molecule has 4 rings (SSSR count). The fraction of sp³-hybridized carbons (Fsp3) is 0.409. The van der Waals surface area contributed by atoms with Gasteiger partial charge in [0.2, 0.25) is 16.0 Å². The van der Waals surface area contributed by atoms with E-state index in [1.54, 1.807) is 22.9 Å². The van der Waals surface area contributed by atoms with Crippen LogP contribution in [0.3, 0.4) is 0 Å². The lowest BCUT2D eigenvalue weighted by Crippen LogP contribution is -2.53. The molecule has 2 aromatic carbocycles. The van der Waals surface area contributed by atoms with E-state index in [0.717, 1.165) is 16.0 Å². The molecule has 0 spiro atoms. The summed E-state index contributed by atoms with van der Waals surface area (Å²) in [6, 6.07) is 8.79. The van der Waals surface area contributed by atoms with Gasteiger partial charge in [0.25, 0.3) is 5.92 Å². The number of carbonyl (C=O) groups is 1. The maximum atomic E-state index is 15.0. The van der Waals surface area contributed by atoms with Gasteiger partial charge in [0.05, 0.1) is 19.1 Å². The first-order chi connectivity index (χ1) is 15.6. The third-order valence-electron chi connectivity index (χ3n) is 5.90. The number of hydrogen-bond acceptors (Lipinski definition) is 4. The first-order valence-electron chi connectivity index (χ1n) is 10.4. The number of ether oxygens (including phenoxy) is 1. The van der Waals surface area contributed by atoms with Crippen LogP contribution in [-0.4, -0.2) is 75.0 Å². The summed E-state index contributed by atoms with van der Waals surface area (Å²) < 4.78 is 74.2. The molecule has 1 N–H and O–H groups in total. The molecule has 2 bridgehead atoms. The molecule has 1 fully saturated rings. The number of alkyl halides is 3. The molecule has 2 aliphatic rings. The van der Waals surface area contributed by atoms with Crippen LogP contribution in [0.2, 0.25) is 0 Å². The highest BCUT2D eigenvalue weighted by atomic mass is 32.2. The van der Waals surface area contributed by atoms with Gasteiger partial charge in [0, 0.05) is 12.6 Å². The van der Waals surface area contributed by atoms with Crippen LogP contribution < -0.4 is 9.46 Å². The van der Waals surface area contributed by atoms with Crippen LogP contribution in [0.5, 0.6) is 5.75 Å². The summed E-state index contributed by atoms with van der Waals surface area (Å²) >= 11 is 0. The van der Waals surface area contributed by atoms with Gasteiger partial charge < -0.3 is 14.5 Å². The molecule has 0 radical (unpaired) electrons. The number of likely N-dealkylation sites (N-methyl/N-ethyl adjacent to an activating group) is 1. The summed E-state index contributed by atoms with van der Waals surface area (Å²) in [6.45, 7) is -0.729. The third kappa shape index (κ3) is 4.79. The number of sulfonamides is 1. The van der Waals surface area contributed by atoms with Gasteiger partial charge in [-0.1, -0.05) is 42.5 Å². The molecule has 0 unspecified atom stereocenters. The van der Waals surface area contributed by atoms with Crippen molar-refractivity contribution in [2.75, 3.05) is 32.8 Å². The van der Waals surface area contributed by atoms with Crippen LogP contribution in [0.4, 0.5) is 18.0 Å². The summed E-state index contributed by atoms with van der Waals surface area (Å²) in [5, 5.41) is 0. The minimum atomic E-state index is -4.59. The Morgan fingerprint density at radius 1 is 1.18 bits per heavy atom. The van der Waals surface area contributed by atoms with E-state index in [9.17, 15) is 26.4 Å². The number of amides is 2. The van der Waals surface area contributed by atoms with E-state index in [1.807, 2.05) is 30.3 Å². The van der Waals surface area contributed by atoms with Crippen LogP contribution in [-0.2, 0) is 16.4 Å². The summed E-state index contributed by atoms with van der Waals surface area (Å²) in [5.41, 5.74) is 2.21. The number of hydrogen-bond donors (Lipinski definition) is 1. The molecule has 2 heterocycles. The number of para-hydroxylation sites is 1. The third-order valence-corrected chi connectivity index (χ3v) is 6.80. The van der Waals surface area contributed by atoms with Crippen LogP contribution in [0.1, 0.15) is 5.56 Å². The van der Waals surface area contributed by atoms with Gasteiger partial charge in [-0.2, -0.15) is 0 Å². The Morgan fingerprint density at radius 2 is 1.94 bits per heavy atom. The molecule has 2 atom stereocenters. The number of urea groups is 1. The highest BCUT2D eigenvalue weighted by Gasteiger charge is 2.57. The number of fused-ring (bicyclic) bond motifs is 5. The van der Waals surface area contributed by atoms with E-state index in [-0.39, 0.29) is 19.6 Å². The summed E-state index contributed by atoms with van der Waals surface area (Å²) in [6.07, 6.45) is -0.0501.